The van der Waals surface area contributed by atoms with Gasteiger partial charge in [-0.1, -0.05) is 22.6 Å². The minimum atomic E-state index is -1.24. The summed E-state index contributed by atoms with van der Waals surface area (Å²) in [7, 11) is 2.50. The summed E-state index contributed by atoms with van der Waals surface area (Å²) in [5.41, 5.74) is -1.24. The Morgan fingerprint density at radius 3 is 2.53 bits per heavy atom. The van der Waals surface area contributed by atoms with Crippen molar-refractivity contribution in [1.82, 2.24) is 0 Å². The highest BCUT2D eigenvalue weighted by atomic mass is 127. The van der Waals surface area contributed by atoms with Gasteiger partial charge in [0.15, 0.2) is 5.78 Å². The topological polar surface area (TPSA) is 78.9 Å². The van der Waals surface area contributed by atoms with Crippen LogP contribution in [0.4, 0.5) is 0 Å². The summed E-state index contributed by atoms with van der Waals surface area (Å²) in [5.74, 6) is -2.94. The maximum absolute atomic E-state index is 12.2. The molecule has 0 spiro atoms. The Morgan fingerprint density at radius 1 is 1.37 bits per heavy atom. The highest BCUT2D eigenvalue weighted by Crippen LogP contribution is 2.49. The van der Waals surface area contributed by atoms with Crippen LogP contribution in [0, 0.1) is 11.8 Å². The number of hydrogen-bond acceptors (Lipinski definition) is 6. The Bertz CT molecular complexity index is 422. The van der Waals surface area contributed by atoms with E-state index in [0.29, 0.717) is 17.3 Å². The second-order valence-electron chi connectivity index (χ2n) is 4.69. The van der Waals surface area contributed by atoms with Gasteiger partial charge in [-0.25, -0.2) is 0 Å². The van der Waals surface area contributed by atoms with Gasteiger partial charge in [0.1, 0.15) is 11.5 Å². The first-order valence-electron chi connectivity index (χ1n) is 5.94. The zero-order valence-corrected chi connectivity index (χ0v) is 12.8. The first-order valence-corrected chi connectivity index (χ1v) is 7.47. The van der Waals surface area contributed by atoms with Crippen molar-refractivity contribution in [2.45, 2.75) is 24.5 Å². The molecule has 0 aromatic rings. The molecule has 106 valence electrons. The second kappa shape index (κ2) is 5.35. The van der Waals surface area contributed by atoms with Crippen LogP contribution in [-0.2, 0) is 28.6 Å². The van der Waals surface area contributed by atoms with Gasteiger partial charge in [-0.15, -0.1) is 0 Å². The van der Waals surface area contributed by atoms with Gasteiger partial charge >= 0.3 is 11.9 Å². The van der Waals surface area contributed by atoms with Crippen molar-refractivity contribution in [1.29, 1.82) is 0 Å². The van der Waals surface area contributed by atoms with E-state index >= 15 is 0 Å². The fourth-order valence-corrected chi connectivity index (χ4v) is 4.04. The van der Waals surface area contributed by atoms with Gasteiger partial charge in [0.25, 0.3) is 0 Å². The first kappa shape index (κ1) is 14.7. The monoisotopic (exact) mass is 382 g/mol. The number of alkyl halides is 1. The molecule has 0 aliphatic carbocycles. The predicted octanol–water partition coefficient (Wildman–Crippen LogP) is 0.500. The van der Waals surface area contributed by atoms with E-state index in [-0.39, 0.29) is 5.78 Å². The molecular weight excluding hydrogens is 367 g/mol. The summed E-state index contributed by atoms with van der Waals surface area (Å²) in [6.45, 7) is 0. The second-order valence-corrected chi connectivity index (χ2v) is 5.45. The zero-order valence-electron chi connectivity index (χ0n) is 10.7. The zero-order chi connectivity index (χ0) is 14.2. The van der Waals surface area contributed by atoms with E-state index in [4.69, 9.17) is 14.2 Å². The fourth-order valence-electron chi connectivity index (χ4n) is 2.96. The molecule has 19 heavy (non-hydrogen) atoms. The first-order chi connectivity index (χ1) is 9.01. The quantitative estimate of drug-likeness (QED) is 0.402. The number of carbonyl (C=O) groups is 3. The summed E-state index contributed by atoms with van der Waals surface area (Å²) in [6.07, 6.45) is 0.295. The molecule has 2 saturated heterocycles. The molecule has 7 heteroatoms. The van der Waals surface area contributed by atoms with E-state index < -0.39 is 35.5 Å². The highest BCUT2D eigenvalue weighted by Gasteiger charge is 2.66. The number of halogens is 1. The number of Topliss-reactive ketones (excluding diaryl/α,β-unsaturated/α-hetero) is 1. The molecule has 0 aromatic heterocycles. The normalized spacial score (nSPS) is 37.0. The molecule has 0 aromatic carbocycles. The van der Waals surface area contributed by atoms with Crippen LogP contribution in [0.25, 0.3) is 0 Å². The van der Waals surface area contributed by atoms with Crippen LogP contribution in [0.5, 0.6) is 0 Å². The summed E-state index contributed by atoms with van der Waals surface area (Å²) >= 11 is 2.01. The van der Waals surface area contributed by atoms with E-state index in [9.17, 15) is 14.4 Å². The lowest BCUT2D eigenvalue weighted by Crippen LogP contribution is -2.51. The van der Waals surface area contributed by atoms with Crippen LogP contribution in [0.1, 0.15) is 12.8 Å². The van der Waals surface area contributed by atoms with Gasteiger partial charge in [-0.05, 0) is 6.42 Å². The molecule has 0 unspecified atom stereocenters. The highest BCUT2D eigenvalue weighted by molar-refractivity contribution is 14.1. The minimum Gasteiger partial charge on any atom is -0.469 e. The van der Waals surface area contributed by atoms with Crippen molar-refractivity contribution in [3.8, 4) is 0 Å². The van der Waals surface area contributed by atoms with Crippen LogP contribution >= 0.6 is 22.6 Å². The lowest BCUT2D eigenvalue weighted by molar-refractivity contribution is -0.163. The van der Waals surface area contributed by atoms with Crippen molar-refractivity contribution < 1.29 is 28.6 Å². The molecule has 6 nitrogen and oxygen atoms in total. The van der Waals surface area contributed by atoms with Crippen LogP contribution in [0.15, 0.2) is 0 Å². The molecule has 2 aliphatic rings. The SMILES string of the molecule is COC(=O)[C@H]1[C@@H]2CCC(=O)[C@@](CI)(O2)[C@@H]1C(=O)OC. The number of fused-ring (bicyclic) bond motifs is 2. The molecule has 2 heterocycles. The van der Waals surface area contributed by atoms with Crippen molar-refractivity contribution in [3.63, 3.8) is 0 Å². The molecule has 2 rings (SSSR count). The molecule has 0 radical (unpaired) electrons. The Labute approximate surface area is 124 Å². The van der Waals surface area contributed by atoms with E-state index in [2.05, 4.69) is 0 Å². The summed E-state index contributed by atoms with van der Waals surface area (Å²) in [4.78, 5) is 36.2. The van der Waals surface area contributed by atoms with Crippen molar-refractivity contribution in [2.75, 3.05) is 18.6 Å². The van der Waals surface area contributed by atoms with Crippen LogP contribution in [0.3, 0.4) is 0 Å². The maximum Gasteiger partial charge on any atom is 0.313 e. The summed E-state index contributed by atoms with van der Waals surface area (Å²) in [5, 5.41) is 0. The number of hydrogen-bond donors (Lipinski definition) is 0. The van der Waals surface area contributed by atoms with Gasteiger partial charge in [0.2, 0.25) is 0 Å². The van der Waals surface area contributed by atoms with Gasteiger partial charge in [-0.2, -0.15) is 0 Å². The number of methoxy groups -OCH3 is 2. The number of rotatable bonds is 3. The largest absolute Gasteiger partial charge is 0.469 e. The van der Waals surface area contributed by atoms with E-state index in [0.717, 1.165) is 0 Å². The lowest BCUT2D eigenvalue weighted by atomic mass is 9.80. The molecule has 0 N–H and O–H groups in total. The maximum atomic E-state index is 12.2. The van der Waals surface area contributed by atoms with E-state index in [1.165, 1.54) is 14.2 Å². The van der Waals surface area contributed by atoms with E-state index in [1.807, 2.05) is 22.6 Å². The van der Waals surface area contributed by atoms with Crippen LogP contribution in [0.2, 0.25) is 0 Å². The van der Waals surface area contributed by atoms with E-state index in [1.54, 1.807) is 0 Å². The number of ketones is 1. The summed E-state index contributed by atoms with van der Waals surface area (Å²) < 4.78 is 15.6. The molecule has 2 fully saturated rings. The van der Waals surface area contributed by atoms with Gasteiger partial charge in [-0.3, -0.25) is 14.4 Å². The molecule has 2 bridgehead atoms. The van der Waals surface area contributed by atoms with Gasteiger partial charge < -0.3 is 14.2 Å². The Balaban J connectivity index is 2.48. The fraction of sp³-hybridized carbons (Fsp3) is 0.750. The van der Waals surface area contributed by atoms with Crippen LogP contribution < -0.4 is 0 Å². The molecule has 0 amide bonds. The van der Waals surface area contributed by atoms with Gasteiger partial charge in [0.05, 0.1) is 26.2 Å². The van der Waals surface area contributed by atoms with Gasteiger partial charge in [0, 0.05) is 10.8 Å². The lowest BCUT2D eigenvalue weighted by Gasteiger charge is -2.32. The van der Waals surface area contributed by atoms with Crippen molar-refractivity contribution >= 4 is 40.3 Å². The minimum absolute atomic E-state index is 0.139. The Morgan fingerprint density at radius 2 is 2.00 bits per heavy atom. The average molecular weight is 382 g/mol. The summed E-state index contributed by atoms with van der Waals surface area (Å²) in [6, 6.07) is 0. The standard InChI is InChI=1S/C12H15IO6/c1-17-10(15)8-6-3-4-7(14)12(5-13,19-6)9(8)11(16)18-2/h6,8-9H,3-5H2,1-2H3/t6-,8-,9-,12+/m0/s1. The third-order valence-corrected chi connectivity index (χ3v) is 5.01. The molecular formula is C12H15IO6. The third-order valence-electron chi connectivity index (χ3n) is 3.88. The average Bonchev–Trinajstić information content (AvgIpc) is 2.73. The van der Waals surface area contributed by atoms with Crippen molar-refractivity contribution in [2.24, 2.45) is 11.8 Å². The Kier molecular flexibility index (Phi) is 4.14. The molecule has 4 atom stereocenters. The van der Waals surface area contributed by atoms with Crippen LogP contribution in [-0.4, -0.2) is 48.1 Å². The number of carbonyl (C=O) groups excluding carboxylic acids is 3. The number of esters is 2. The van der Waals surface area contributed by atoms with Crippen molar-refractivity contribution in [3.05, 3.63) is 0 Å². The number of ether oxygens (including phenoxy) is 3. The molecule has 0 saturated carbocycles. The third kappa shape index (κ3) is 2.06. The Hall–Kier alpha value is -0.700. The predicted molar refractivity (Wildman–Crippen MR) is 71.7 cm³/mol. The molecule has 2 aliphatic heterocycles. The smallest absolute Gasteiger partial charge is 0.313 e.